The van der Waals surface area contributed by atoms with E-state index >= 15 is 0 Å². The van der Waals surface area contributed by atoms with E-state index in [4.69, 9.17) is 9.47 Å². The second kappa shape index (κ2) is 9.36. The van der Waals surface area contributed by atoms with Gasteiger partial charge in [0.25, 0.3) is 0 Å². The van der Waals surface area contributed by atoms with Crippen molar-refractivity contribution in [2.24, 2.45) is 0 Å². The van der Waals surface area contributed by atoms with Crippen LogP contribution in [-0.4, -0.2) is 45.5 Å². The molecule has 1 amide bonds. The first-order valence-corrected chi connectivity index (χ1v) is 7.07. The second-order valence-corrected chi connectivity index (χ2v) is 4.96. The van der Waals surface area contributed by atoms with Crippen molar-refractivity contribution >= 4 is 5.91 Å². The Labute approximate surface area is 133 Å². The monoisotopic (exact) mass is 334 g/mol. The first-order valence-electron chi connectivity index (χ1n) is 7.07. The normalized spacial score (nSPS) is 11.3. The zero-order valence-electron chi connectivity index (χ0n) is 13.1. The summed E-state index contributed by atoms with van der Waals surface area (Å²) in [5.41, 5.74) is 1.27. The number of benzene rings is 1. The van der Waals surface area contributed by atoms with Crippen LogP contribution in [0.4, 0.5) is 13.2 Å². The molecule has 23 heavy (non-hydrogen) atoms. The topological polar surface area (TPSA) is 59.6 Å². The Hall–Kier alpha value is -1.80. The van der Waals surface area contributed by atoms with Crippen molar-refractivity contribution in [3.63, 3.8) is 0 Å². The molecule has 0 unspecified atom stereocenters. The maximum Gasteiger partial charge on any atom is 0.422 e. The van der Waals surface area contributed by atoms with Crippen LogP contribution in [0.2, 0.25) is 0 Å². The lowest BCUT2D eigenvalue weighted by molar-refractivity contribution is -0.153. The van der Waals surface area contributed by atoms with Crippen LogP contribution in [-0.2, 0) is 16.1 Å². The van der Waals surface area contributed by atoms with Gasteiger partial charge in [-0.05, 0) is 18.6 Å². The minimum absolute atomic E-state index is 0.0955. The molecule has 0 aliphatic heterocycles. The van der Waals surface area contributed by atoms with E-state index in [1.165, 1.54) is 6.07 Å². The van der Waals surface area contributed by atoms with Crippen LogP contribution in [0.3, 0.4) is 0 Å². The SMILES string of the molecule is COCCNCC(=O)NCc1ccc(C)cc1OCC(F)(F)F. The summed E-state index contributed by atoms with van der Waals surface area (Å²) in [6, 6.07) is 4.91. The van der Waals surface area contributed by atoms with Crippen molar-refractivity contribution in [1.82, 2.24) is 10.6 Å². The predicted octanol–water partition coefficient (Wildman–Crippen LogP) is 1.79. The van der Waals surface area contributed by atoms with Crippen LogP contribution in [0.15, 0.2) is 18.2 Å². The molecule has 0 heterocycles. The summed E-state index contributed by atoms with van der Waals surface area (Å²) in [6.07, 6.45) is -4.41. The molecule has 0 radical (unpaired) electrons. The van der Waals surface area contributed by atoms with Gasteiger partial charge in [-0.15, -0.1) is 0 Å². The minimum atomic E-state index is -4.41. The summed E-state index contributed by atoms with van der Waals surface area (Å²) < 4.78 is 46.5. The maximum absolute atomic E-state index is 12.3. The van der Waals surface area contributed by atoms with Gasteiger partial charge in [0.2, 0.25) is 5.91 Å². The van der Waals surface area contributed by atoms with Crippen molar-refractivity contribution in [2.45, 2.75) is 19.6 Å². The average molecular weight is 334 g/mol. The molecule has 130 valence electrons. The van der Waals surface area contributed by atoms with Crippen molar-refractivity contribution in [3.8, 4) is 5.75 Å². The third-order valence-electron chi connectivity index (χ3n) is 2.86. The Balaban J connectivity index is 2.53. The van der Waals surface area contributed by atoms with Gasteiger partial charge in [0.15, 0.2) is 6.61 Å². The standard InChI is InChI=1S/C15H21F3N2O3/c1-11-3-4-12(13(7-11)23-10-15(16,17)18)8-20-14(21)9-19-5-6-22-2/h3-4,7,19H,5-6,8-10H2,1-2H3,(H,20,21). The highest BCUT2D eigenvalue weighted by molar-refractivity contribution is 5.78. The Morgan fingerprint density at radius 2 is 2.04 bits per heavy atom. The number of amides is 1. The first-order chi connectivity index (χ1) is 10.8. The van der Waals surface area contributed by atoms with Gasteiger partial charge in [-0.1, -0.05) is 12.1 Å². The average Bonchev–Trinajstić information content (AvgIpc) is 2.48. The summed E-state index contributed by atoms with van der Waals surface area (Å²) in [4.78, 5) is 11.6. The van der Waals surface area contributed by atoms with Gasteiger partial charge in [0, 0.05) is 25.8 Å². The molecular formula is C15H21F3N2O3. The van der Waals surface area contributed by atoms with Gasteiger partial charge in [-0.25, -0.2) is 0 Å². The van der Waals surface area contributed by atoms with Gasteiger partial charge in [0.05, 0.1) is 13.2 Å². The van der Waals surface area contributed by atoms with E-state index in [1.807, 2.05) is 0 Å². The highest BCUT2D eigenvalue weighted by atomic mass is 19.4. The van der Waals surface area contributed by atoms with Gasteiger partial charge >= 0.3 is 6.18 Å². The molecule has 2 N–H and O–H groups in total. The molecule has 0 saturated heterocycles. The predicted molar refractivity (Wildman–Crippen MR) is 79.3 cm³/mol. The van der Waals surface area contributed by atoms with Crippen LogP contribution in [0.5, 0.6) is 5.75 Å². The molecule has 0 fully saturated rings. The quantitative estimate of drug-likeness (QED) is 0.676. The van der Waals surface area contributed by atoms with E-state index in [-0.39, 0.29) is 24.7 Å². The van der Waals surface area contributed by atoms with Crippen LogP contribution in [0.1, 0.15) is 11.1 Å². The Bertz CT molecular complexity index is 507. The summed E-state index contributed by atoms with van der Waals surface area (Å²) >= 11 is 0. The summed E-state index contributed by atoms with van der Waals surface area (Å²) in [7, 11) is 1.56. The van der Waals surface area contributed by atoms with E-state index in [1.54, 1.807) is 26.2 Å². The number of nitrogens with one attached hydrogen (secondary N) is 2. The van der Waals surface area contributed by atoms with Crippen LogP contribution < -0.4 is 15.4 Å². The molecule has 0 aliphatic carbocycles. The number of aryl methyl sites for hydroxylation is 1. The Morgan fingerprint density at radius 3 is 2.70 bits per heavy atom. The molecule has 0 spiro atoms. The van der Waals surface area contributed by atoms with E-state index < -0.39 is 12.8 Å². The third-order valence-corrected chi connectivity index (χ3v) is 2.86. The molecule has 8 heteroatoms. The number of carbonyl (C=O) groups excluding carboxylic acids is 1. The van der Waals surface area contributed by atoms with Crippen LogP contribution >= 0.6 is 0 Å². The van der Waals surface area contributed by atoms with Crippen LogP contribution in [0.25, 0.3) is 0 Å². The third kappa shape index (κ3) is 8.41. The van der Waals surface area contributed by atoms with Crippen molar-refractivity contribution < 1.29 is 27.4 Å². The molecule has 0 bridgehead atoms. The number of methoxy groups -OCH3 is 1. The van der Waals surface area contributed by atoms with Gasteiger partial charge in [0.1, 0.15) is 5.75 Å². The highest BCUT2D eigenvalue weighted by Gasteiger charge is 2.28. The van der Waals surface area contributed by atoms with Crippen molar-refractivity contribution in [2.75, 3.05) is 33.4 Å². The fourth-order valence-corrected chi connectivity index (χ4v) is 1.73. The Morgan fingerprint density at radius 1 is 1.30 bits per heavy atom. The molecule has 0 aromatic heterocycles. The van der Waals surface area contributed by atoms with Gasteiger partial charge < -0.3 is 20.1 Å². The molecule has 1 aromatic rings. The maximum atomic E-state index is 12.3. The lowest BCUT2D eigenvalue weighted by atomic mass is 10.1. The number of hydrogen-bond acceptors (Lipinski definition) is 4. The number of halogens is 3. The van der Waals surface area contributed by atoms with Gasteiger partial charge in [-0.2, -0.15) is 13.2 Å². The van der Waals surface area contributed by atoms with E-state index in [0.717, 1.165) is 5.56 Å². The number of hydrogen-bond donors (Lipinski definition) is 2. The molecule has 1 aromatic carbocycles. The number of alkyl halides is 3. The molecular weight excluding hydrogens is 313 g/mol. The molecule has 0 atom stereocenters. The smallest absolute Gasteiger partial charge is 0.422 e. The van der Waals surface area contributed by atoms with Crippen molar-refractivity contribution in [1.29, 1.82) is 0 Å². The Kier molecular flexibility index (Phi) is 7.84. The number of rotatable bonds is 9. The van der Waals surface area contributed by atoms with E-state index in [2.05, 4.69) is 10.6 Å². The zero-order chi connectivity index (χ0) is 17.3. The fourth-order valence-electron chi connectivity index (χ4n) is 1.73. The molecule has 1 rings (SSSR count). The lowest BCUT2D eigenvalue weighted by Gasteiger charge is -2.14. The summed E-state index contributed by atoms with van der Waals surface area (Å²) in [5.74, 6) is -0.140. The minimum Gasteiger partial charge on any atom is -0.484 e. The largest absolute Gasteiger partial charge is 0.484 e. The highest BCUT2D eigenvalue weighted by Crippen LogP contribution is 2.23. The van der Waals surface area contributed by atoms with Gasteiger partial charge in [-0.3, -0.25) is 4.79 Å². The summed E-state index contributed by atoms with van der Waals surface area (Å²) in [5, 5.41) is 5.50. The molecule has 0 saturated carbocycles. The second-order valence-electron chi connectivity index (χ2n) is 4.96. The van der Waals surface area contributed by atoms with Crippen molar-refractivity contribution in [3.05, 3.63) is 29.3 Å². The first kappa shape index (κ1) is 19.2. The number of ether oxygens (including phenoxy) is 2. The lowest BCUT2D eigenvalue weighted by Crippen LogP contribution is -2.35. The zero-order valence-corrected chi connectivity index (χ0v) is 13.1. The molecule has 5 nitrogen and oxygen atoms in total. The molecule has 0 aliphatic rings. The van der Waals surface area contributed by atoms with Crippen LogP contribution in [0, 0.1) is 6.92 Å². The number of carbonyl (C=O) groups is 1. The fraction of sp³-hybridized carbons (Fsp3) is 0.533. The van der Waals surface area contributed by atoms with E-state index in [9.17, 15) is 18.0 Å². The summed E-state index contributed by atoms with van der Waals surface area (Å²) in [6.45, 7) is 1.61. The van der Waals surface area contributed by atoms with E-state index in [0.29, 0.717) is 18.7 Å².